The van der Waals surface area contributed by atoms with Gasteiger partial charge in [-0.1, -0.05) is 203 Å². The maximum atomic E-state index is 12.7. The first-order chi connectivity index (χ1) is 35.8. The van der Waals surface area contributed by atoms with Crippen LogP contribution in [0.25, 0.3) is 83.9 Å². The second kappa shape index (κ2) is 18.8. The van der Waals surface area contributed by atoms with Gasteiger partial charge in [0.05, 0.1) is 29.1 Å². The third-order valence-electron chi connectivity index (χ3n) is 13.1. The maximum Gasteiger partial charge on any atom is 0.148 e. The molecule has 0 atom stereocenters. The van der Waals surface area contributed by atoms with Crippen molar-refractivity contribution in [2.24, 2.45) is 0 Å². The quantitative estimate of drug-likeness (QED) is 0.162. The number of aromatic hydroxyl groups is 1. The van der Waals surface area contributed by atoms with Gasteiger partial charge in [-0.05, 0) is 103 Å². The van der Waals surface area contributed by atoms with Crippen LogP contribution in [-0.4, -0.2) is 19.6 Å². The van der Waals surface area contributed by atoms with Gasteiger partial charge in [0, 0.05) is 48.2 Å². The van der Waals surface area contributed by atoms with Crippen LogP contribution in [0.5, 0.6) is 5.75 Å². The van der Waals surface area contributed by atoms with Gasteiger partial charge in [0.15, 0.2) is 0 Å². The zero-order valence-electron chi connectivity index (χ0n) is 50.2. The number of rotatable bonds is 7. The molecule has 0 aliphatic carbocycles. The number of aryl methyl sites for hydroxylation is 1. The Morgan fingerprint density at radius 1 is 0.543 bits per heavy atom. The molecule has 4 nitrogen and oxygen atoms in total. The average molecular weight is 1110 g/mol. The van der Waals surface area contributed by atoms with Crippen LogP contribution in [0.1, 0.15) is 122 Å². The van der Waals surface area contributed by atoms with Crippen LogP contribution in [0.3, 0.4) is 0 Å². The minimum absolute atomic E-state index is 0. The number of imidazole rings is 1. The molecule has 0 aliphatic rings. The molecule has 0 aliphatic heterocycles. The van der Waals surface area contributed by atoms with Gasteiger partial charge < -0.3 is 5.11 Å². The summed E-state index contributed by atoms with van der Waals surface area (Å²) in [5.41, 5.74) is 11.5. The largest absolute Gasteiger partial charge is 0.507 e. The summed E-state index contributed by atoms with van der Waals surface area (Å²) in [5.74, 6) is 0.483. The predicted octanol–water partition coefficient (Wildman–Crippen LogP) is 17.4. The number of phenolic OH excluding ortho intramolecular Hbond substituents is 1. The van der Waals surface area contributed by atoms with Crippen molar-refractivity contribution in [3.8, 4) is 78.6 Å². The number of pyridine rings is 1. The Morgan fingerprint density at radius 3 is 1.84 bits per heavy atom. The van der Waals surface area contributed by atoms with Crippen molar-refractivity contribution in [2.45, 2.75) is 112 Å². The van der Waals surface area contributed by atoms with Crippen molar-refractivity contribution in [3.05, 3.63) is 192 Å². The number of hydrogen-bond donors (Lipinski definition) is 1. The number of aromatic nitrogens is 3. The van der Waals surface area contributed by atoms with E-state index < -0.39 is 30.4 Å². The smallest absolute Gasteiger partial charge is 0.148 e. The summed E-state index contributed by atoms with van der Waals surface area (Å²) in [6.07, 6.45) is 1.79. The molecule has 1 N–H and O–H groups in total. The number of phenols is 1. The Hall–Kier alpha value is -6.35. The van der Waals surface area contributed by atoms with Crippen LogP contribution in [0.4, 0.5) is 0 Å². The molecule has 0 radical (unpaired) electrons. The predicted molar refractivity (Wildman–Crippen MR) is 292 cm³/mol. The summed E-state index contributed by atoms with van der Waals surface area (Å²) in [4.78, 5) is 10.5. The summed E-state index contributed by atoms with van der Waals surface area (Å²) in [7, 11) is 0. The average Bonchev–Trinajstić information content (AvgIpc) is 3.91. The molecule has 0 saturated heterocycles. The first kappa shape index (κ1) is 40.4. The first-order valence-electron chi connectivity index (χ1n) is 27.7. The Balaban J connectivity index is 0.00000803. The fourth-order valence-corrected chi connectivity index (χ4v) is 8.95. The zero-order valence-corrected chi connectivity index (χ0v) is 44.5. The summed E-state index contributed by atoms with van der Waals surface area (Å²) in [6.45, 7) is 23.1. The van der Waals surface area contributed by atoms with E-state index in [-0.39, 0.29) is 60.7 Å². The minimum atomic E-state index is -2.25. The Labute approximate surface area is 442 Å². The van der Waals surface area contributed by atoms with Gasteiger partial charge in [-0.3, -0.25) is 9.55 Å². The second-order valence-electron chi connectivity index (χ2n) is 22.3. The van der Waals surface area contributed by atoms with Gasteiger partial charge in [-0.2, -0.15) is 0 Å². The van der Waals surface area contributed by atoms with E-state index in [1.807, 2.05) is 95.6 Å². The van der Waals surface area contributed by atoms with Gasteiger partial charge >= 0.3 is 0 Å². The molecule has 0 unspecified atom stereocenters. The van der Waals surface area contributed by atoms with Crippen molar-refractivity contribution < 1.29 is 37.1 Å². The molecule has 2 aromatic heterocycles. The number of nitrogens with zero attached hydrogens (tertiary/aromatic N) is 3. The Bertz CT molecular complexity index is 3760. The van der Waals surface area contributed by atoms with Crippen molar-refractivity contribution in [1.82, 2.24) is 14.5 Å². The van der Waals surface area contributed by atoms with E-state index in [9.17, 15) is 7.85 Å². The number of fused-ring (bicyclic) bond motifs is 1. The molecule has 9 rings (SSSR count). The van der Waals surface area contributed by atoms with E-state index in [0.717, 1.165) is 55.6 Å². The van der Waals surface area contributed by atoms with Crippen molar-refractivity contribution in [3.63, 3.8) is 0 Å². The number of benzene rings is 7. The van der Waals surface area contributed by atoms with Crippen LogP contribution < -0.4 is 0 Å². The molecule has 0 fully saturated rings. The van der Waals surface area contributed by atoms with Crippen LogP contribution in [0.15, 0.2) is 158 Å². The molecule has 0 saturated carbocycles. The van der Waals surface area contributed by atoms with E-state index in [0.29, 0.717) is 50.5 Å². The van der Waals surface area contributed by atoms with Gasteiger partial charge in [0.25, 0.3) is 0 Å². The van der Waals surface area contributed by atoms with Gasteiger partial charge in [0.2, 0.25) is 0 Å². The molecular weight excluding hydrogens is 1030 g/mol. The third kappa shape index (κ3) is 9.86. The zero-order chi connectivity index (χ0) is 56.1. The van der Waals surface area contributed by atoms with Crippen LogP contribution in [-0.2, 0) is 42.7 Å². The van der Waals surface area contributed by atoms with Crippen molar-refractivity contribution in [2.75, 3.05) is 0 Å². The summed E-state index contributed by atoms with van der Waals surface area (Å²) in [6, 6.07) is 40.9. The molecule has 70 heavy (non-hydrogen) atoms. The summed E-state index contributed by atoms with van der Waals surface area (Å²) >= 11 is 0. The molecular formula is C65H66N3OPt-. The van der Waals surface area contributed by atoms with Crippen molar-refractivity contribution >= 4 is 11.0 Å². The van der Waals surface area contributed by atoms with E-state index in [2.05, 4.69) is 107 Å². The van der Waals surface area contributed by atoms with E-state index >= 15 is 0 Å². The number of para-hydroxylation sites is 1. The van der Waals surface area contributed by atoms with E-state index in [1.54, 1.807) is 18.3 Å². The maximum absolute atomic E-state index is 12.7. The molecule has 2 heterocycles. The molecule has 358 valence electrons. The third-order valence-corrected chi connectivity index (χ3v) is 13.1. The molecule has 9 aromatic rings. The van der Waals surface area contributed by atoms with Crippen LogP contribution in [0.2, 0.25) is 0 Å². The fraction of sp³-hybridized carbons (Fsp3) is 0.262. The monoisotopic (exact) mass is 1110 g/mol. The van der Waals surface area contributed by atoms with Crippen LogP contribution >= 0.6 is 0 Å². The molecule has 0 amide bonds. The second-order valence-corrected chi connectivity index (χ2v) is 22.3. The topological polar surface area (TPSA) is 50.9 Å². The molecule has 0 spiro atoms. The fourth-order valence-electron chi connectivity index (χ4n) is 8.95. The molecule has 5 heteroatoms. The standard InChI is InChI=1S/C65H66N3O.Pt/c1-41-20-17-18-23-51(41)44-28-26-42(27-29-44)45-32-33-66-56(37-45)47-34-46(35-49(36-47)63(5,6)7)52-24-19-25-58-59(52)67-61(54-39-50(64(8,9)10)40-55(60(54)69)65(11,12)13)68(58)57-31-30-48(62(2,3)4)38-53(57)43-21-15-14-16-22-43;/h14-33,35-40,69H,1-13H3;/q-1;/i1D3,14D,15D,16D,21D,22D;. The van der Waals surface area contributed by atoms with Crippen LogP contribution in [0, 0.1) is 12.9 Å². The van der Waals surface area contributed by atoms with Gasteiger partial charge in [0.1, 0.15) is 11.6 Å². The van der Waals surface area contributed by atoms with E-state index in [4.69, 9.17) is 18.2 Å². The minimum Gasteiger partial charge on any atom is -0.507 e. The number of hydrogen-bond acceptors (Lipinski definition) is 3. The summed E-state index contributed by atoms with van der Waals surface area (Å²) < 4.78 is 71.1. The summed E-state index contributed by atoms with van der Waals surface area (Å²) in [5, 5.41) is 12.7. The molecule has 0 bridgehead atoms. The van der Waals surface area contributed by atoms with Gasteiger partial charge in [-0.25, -0.2) is 4.98 Å². The van der Waals surface area contributed by atoms with Crippen molar-refractivity contribution in [1.29, 1.82) is 0 Å². The Kier molecular flexibility index (Phi) is 10.8. The SMILES string of the molecule is [2H]c1c([2H])c([2H])c(-c2cc(C(C)(C)C)ccc2-n2c(-c3cc(C(C)(C)C)cc(C(C)(C)C)c3O)nc3c(-c4[c-]c(-c5cc(-c6ccc(-c7ccccc7C([2H])([2H])[2H])cc6)ccn5)cc(C(C)(C)C)c4)cccc32)c([2H])c1[2H].[Pt]. The van der Waals surface area contributed by atoms with Gasteiger partial charge in [-0.15, -0.1) is 29.3 Å². The normalized spacial score (nSPS) is 14.1. The first-order valence-corrected chi connectivity index (χ1v) is 23.7. The Morgan fingerprint density at radius 2 is 1.17 bits per heavy atom. The van der Waals surface area contributed by atoms with E-state index in [1.165, 1.54) is 0 Å². The molecule has 7 aromatic carbocycles.